The van der Waals surface area contributed by atoms with E-state index in [0.29, 0.717) is 12.6 Å². The Hall–Kier alpha value is -2.04. The van der Waals surface area contributed by atoms with Crippen molar-refractivity contribution in [2.75, 3.05) is 27.9 Å². The van der Waals surface area contributed by atoms with E-state index in [1.807, 2.05) is 12.1 Å². The molecule has 0 amide bonds. The first-order valence-electron chi connectivity index (χ1n) is 8.28. The smallest absolute Gasteiger partial charge is 0.124 e. The largest absolute Gasteiger partial charge is 0.497 e. The quantitative estimate of drug-likeness (QED) is 0.774. The van der Waals surface area contributed by atoms with E-state index in [0.717, 1.165) is 30.2 Å². The van der Waals surface area contributed by atoms with Crippen molar-refractivity contribution in [1.29, 1.82) is 0 Å². The Morgan fingerprint density at radius 2 is 1.92 bits per heavy atom. The van der Waals surface area contributed by atoms with E-state index in [1.165, 1.54) is 17.5 Å². The second-order valence-corrected chi connectivity index (χ2v) is 6.13. The van der Waals surface area contributed by atoms with Crippen molar-refractivity contribution in [3.05, 3.63) is 59.2 Å². The average Bonchev–Trinajstić information content (AvgIpc) is 2.59. The van der Waals surface area contributed by atoms with Crippen LogP contribution in [0.2, 0.25) is 0 Å². The highest BCUT2D eigenvalue weighted by Crippen LogP contribution is 2.36. The molecule has 128 valence electrons. The Kier molecular flexibility index (Phi) is 5.38. The molecule has 2 aromatic carbocycles. The molecule has 1 unspecified atom stereocenters. The van der Waals surface area contributed by atoms with Crippen molar-refractivity contribution in [3.8, 4) is 11.5 Å². The SMILES string of the molecule is COCc1cc(CN2CCC2c2cccc(OC)c2)ccc1OC. The highest BCUT2D eigenvalue weighted by molar-refractivity contribution is 5.37. The van der Waals surface area contributed by atoms with E-state index >= 15 is 0 Å². The van der Waals surface area contributed by atoms with Gasteiger partial charge in [0.25, 0.3) is 0 Å². The molecular weight excluding hydrogens is 302 g/mol. The van der Waals surface area contributed by atoms with E-state index < -0.39 is 0 Å². The van der Waals surface area contributed by atoms with Crippen molar-refractivity contribution in [2.45, 2.75) is 25.6 Å². The lowest BCUT2D eigenvalue weighted by Crippen LogP contribution is -2.40. The first kappa shape index (κ1) is 16.8. The molecule has 4 heteroatoms. The predicted molar refractivity (Wildman–Crippen MR) is 94.5 cm³/mol. The van der Waals surface area contributed by atoms with Crippen LogP contribution in [0.4, 0.5) is 0 Å². The van der Waals surface area contributed by atoms with Gasteiger partial charge in [-0.1, -0.05) is 18.2 Å². The van der Waals surface area contributed by atoms with Crippen LogP contribution in [0.5, 0.6) is 11.5 Å². The molecule has 1 aliphatic rings. The Balaban J connectivity index is 1.73. The fraction of sp³-hybridized carbons (Fsp3) is 0.400. The summed E-state index contributed by atoms with van der Waals surface area (Å²) in [4.78, 5) is 2.49. The van der Waals surface area contributed by atoms with Crippen LogP contribution < -0.4 is 9.47 Å². The molecule has 1 heterocycles. The molecule has 24 heavy (non-hydrogen) atoms. The van der Waals surface area contributed by atoms with E-state index in [4.69, 9.17) is 14.2 Å². The minimum atomic E-state index is 0.466. The summed E-state index contributed by atoms with van der Waals surface area (Å²) < 4.78 is 16.0. The zero-order valence-corrected chi connectivity index (χ0v) is 14.6. The van der Waals surface area contributed by atoms with E-state index in [-0.39, 0.29) is 0 Å². The molecule has 1 saturated heterocycles. The summed E-state index contributed by atoms with van der Waals surface area (Å²) in [6.07, 6.45) is 1.19. The number of rotatable bonds is 7. The van der Waals surface area contributed by atoms with Gasteiger partial charge in [-0.15, -0.1) is 0 Å². The molecule has 2 aromatic rings. The predicted octanol–water partition coefficient (Wildman–Crippen LogP) is 3.80. The lowest BCUT2D eigenvalue weighted by molar-refractivity contribution is 0.0816. The zero-order valence-electron chi connectivity index (χ0n) is 14.6. The first-order chi connectivity index (χ1) is 11.7. The maximum atomic E-state index is 5.41. The number of benzene rings is 2. The van der Waals surface area contributed by atoms with Crippen LogP contribution >= 0.6 is 0 Å². The van der Waals surface area contributed by atoms with Gasteiger partial charge in [-0.05, 0) is 41.8 Å². The van der Waals surface area contributed by atoms with Crippen LogP contribution in [0.15, 0.2) is 42.5 Å². The number of ether oxygens (including phenoxy) is 3. The normalized spacial score (nSPS) is 17.4. The molecule has 0 radical (unpaired) electrons. The van der Waals surface area contributed by atoms with Crippen molar-refractivity contribution in [1.82, 2.24) is 4.90 Å². The topological polar surface area (TPSA) is 30.9 Å². The Bertz CT molecular complexity index is 686. The molecular formula is C20H25NO3. The highest BCUT2D eigenvalue weighted by atomic mass is 16.5. The van der Waals surface area contributed by atoms with Gasteiger partial charge in [-0.25, -0.2) is 0 Å². The van der Waals surface area contributed by atoms with Crippen LogP contribution in [0.1, 0.15) is 29.2 Å². The minimum absolute atomic E-state index is 0.466. The van der Waals surface area contributed by atoms with Crippen LogP contribution in [-0.4, -0.2) is 32.8 Å². The fourth-order valence-corrected chi connectivity index (χ4v) is 3.29. The van der Waals surface area contributed by atoms with E-state index in [1.54, 1.807) is 21.3 Å². The molecule has 1 aliphatic heterocycles. The number of hydrogen-bond donors (Lipinski definition) is 0. The van der Waals surface area contributed by atoms with Crippen molar-refractivity contribution in [3.63, 3.8) is 0 Å². The Morgan fingerprint density at radius 1 is 1.04 bits per heavy atom. The van der Waals surface area contributed by atoms with Gasteiger partial charge >= 0.3 is 0 Å². The number of likely N-dealkylation sites (tertiary alicyclic amines) is 1. The van der Waals surface area contributed by atoms with Crippen molar-refractivity contribution < 1.29 is 14.2 Å². The molecule has 1 atom stereocenters. The number of hydrogen-bond acceptors (Lipinski definition) is 4. The fourth-order valence-electron chi connectivity index (χ4n) is 3.29. The molecule has 0 aliphatic carbocycles. The van der Waals surface area contributed by atoms with Gasteiger partial charge in [-0.3, -0.25) is 4.90 Å². The van der Waals surface area contributed by atoms with Crippen molar-refractivity contribution in [2.24, 2.45) is 0 Å². The highest BCUT2D eigenvalue weighted by Gasteiger charge is 2.29. The zero-order chi connectivity index (χ0) is 16.9. The Labute approximate surface area is 144 Å². The molecule has 0 saturated carbocycles. The molecule has 3 rings (SSSR count). The maximum absolute atomic E-state index is 5.41. The standard InChI is InChI=1S/C20H25NO3/c1-22-14-17-11-15(7-8-20(17)24-3)13-21-10-9-19(21)16-5-4-6-18(12-16)23-2/h4-8,11-12,19H,9-10,13-14H2,1-3H3. The van der Waals surface area contributed by atoms with Crippen LogP contribution in [-0.2, 0) is 17.9 Å². The van der Waals surface area contributed by atoms with Gasteiger partial charge in [0.05, 0.1) is 20.8 Å². The second kappa shape index (κ2) is 7.69. The van der Waals surface area contributed by atoms with Gasteiger partial charge in [0, 0.05) is 31.8 Å². The summed E-state index contributed by atoms with van der Waals surface area (Å²) in [5.74, 6) is 1.81. The van der Waals surface area contributed by atoms with E-state index in [2.05, 4.69) is 35.2 Å². The maximum Gasteiger partial charge on any atom is 0.124 e. The lowest BCUT2D eigenvalue weighted by Gasteiger charge is -2.41. The third kappa shape index (κ3) is 3.55. The molecule has 0 bridgehead atoms. The molecule has 0 spiro atoms. The summed E-state index contributed by atoms with van der Waals surface area (Å²) in [6.45, 7) is 2.62. The summed E-state index contributed by atoms with van der Waals surface area (Å²) in [5, 5.41) is 0. The number of methoxy groups -OCH3 is 3. The number of nitrogens with zero attached hydrogens (tertiary/aromatic N) is 1. The van der Waals surface area contributed by atoms with Gasteiger partial charge in [0.15, 0.2) is 0 Å². The second-order valence-electron chi connectivity index (χ2n) is 6.13. The lowest BCUT2D eigenvalue weighted by atomic mass is 9.93. The monoisotopic (exact) mass is 327 g/mol. The van der Waals surface area contributed by atoms with Gasteiger partial charge in [0.1, 0.15) is 11.5 Å². The third-order valence-electron chi connectivity index (χ3n) is 4.64. The summed E-state index contributed by atoms with van der Waals surface area (Å²) >= 11 is 0. The summed E-state index contributed by atoms with van der Waals surface area (Å²) in [7, 11) is 5.12. The molecule has 1 fully saturated rings. The Morgan fingerprint density at radius 3 is 2.58 bits per heavy atom. The molecule has 4 nitrogen and oxygen atoms in total. The van der Waals surface area contributed by atoms with Gasteiger partial charge < -0.3 is 14.2 Å². The van der Waals surface area contributed by atoms with Crippen LogP contribution in [0.3, 0.4) is 0 Å². The van der Waals surface area contributed by atoms with Crippen molar-refractivity contribution >= 4 is 0 Å². The molecule has 0 N–H and O–H groups in total. The summed E-state index contributed by atoms with van der Waals surface area (Å²) in [5.41, 5.74) is 3.71. The van der Waals surface area contributed by atoms with Crippen LogP contribution in [0, 0.1) is 0 Å². The molecule has 0 aromatic heterocycles. The third-order valence-corrected chi connectivity index (χ3v) is 4.64. The van der Waals surface area contributed by atoms with Crippen LogP contribution in [0.25, 0.3) is 0 Å². The first-order valence-corrected chi connectivity index (χ1v) is 8.28. The van der Waals surface area contributed by atoms with Gasteiger partial charge in [-0.2, -0.15) is 0 Å². The minimum Gasteiger partial charge on any atom is -0.497 e. The van der Waals surface area contributed by atoms with E-state index in [9.17, 15) is 0 Å². The summed E-state index contributed by atoms with van der Waals surface area (Å²) in [6, 6.07) is 15.2. The van der Waals surface area contributed by atoms with Gasteiger partial charge in [0.2, 0.25) is 0 Å². The average molecular weight is 327 g/mol.